The van der Waals surface area contributed by atoms with Gasteiger partial charge < -0.3 is 11.1 Å². The van der Waals surface area contributed by atoms with E-state index in [9.17, 15) is 4.79 Å². The first-order valence-corrected chi connectivity index (χ1v) is 6.17. The summed E-state index contributed by atoms with van der Waals surface area (Å²) in [6.07, 6.45) is 0.826. The number of hydrogen-bond donors (Lipinski definition) is 2. The molecule has 2 rings (SSSR count). The molecule has 1 amide bonds. The fraction of sp³-hybridized carbons (Fsp3) is 0.417. The summed E-state index contributed by atoms with van der Waals surface area (Å²) >= 11 is 3.49. The van der Waals surface area contributed by atoms with Crippen molar-refractivity contribution in [3.8, 4) is 0 Å². The number of anilines is 1. The largest absolute Gasteiger partial charge is 0.328 e. The predicted molar refractivity (Wildman–Crippen MR) is 68.5 cm³/mol. The minimum Gasteiger partial charge on any atom is -0.328 e. The smallest absolute Gasteiger partial charge is 0.231 e. The molecule has 86 valence electrons. The Kier molecular flexibility index (Phi) is 3.04. The number of hydrogen-bond acceptors (Lipinski definition) is 2. The number of rotatable bonds is 2. The molecule has 0 saturated heterocycles. The molecule has 1 aliphatic heterocycles. The molecule has 3 N–H and O–H groups in total. The lowest BCUT2D eigenvalue weighted by Crippen LogP contribution is -2.17. The summed E-state index contributed by atoms with van der Waals surface area (Å²) in [5.74, 6) is -0.00650. The summed E-state index contributed by atoms with van der Waals surface area (Å²) < 4.78 is 0.943. The molecule has 0 aromatic heterocycles. The third-order valence-electron chi connectivity index (χ3n) is 2.85. The Morgan fingerprint density at radius 1 is 1.56 bits per heavy atom. The van der Waals surface area contributed by atoms with Crippen LogP contribution in [0.3, 0.4) is 0 Å². The van der Waals surface area contributed by atoms with Crippen LogP contribution >= 0.6 is 15.9 Å². The minimum atomic E-state index is -0.0701. The van der Waals surface area contributed by atoms with Gasteiger partial charge in [0.2, 0.25) is 5.91 Å². The number of benzene rings is 1. The second-order valence-electron chi connectivity index (χ2n) is 4.43. The van der Waals surface area contributed by atoms with Crippen molar-refractivity contribution in [2.45, 2.75) is 32.2 Å². The summed E-state index contributed by atoms with van der Waals surface area (Å²) in [5, 5.41) is 2.88. The third kappa shape index (κ3) is 1.99. The summed E-state index contributed by atoms with van der Waals surface area (Å²) in [4.78, 5) is 11.6. The molecule has 16 heavy (non-hydrogen) atoms. The van der Waals surface area contributed by atoms with Gasteiger partial charge in [-0.3, -0.25) is 4.79 Å². The second-order valence-corrected chi connectivity index (χ2v) is 5.29. The summed E-state index contributed by atoms with van der Waals surface area (Å²) in [7, 11) is 0. The lowest BCUT2D eigenvalue weighted by molar-refractivity contribution is -0.116. The molecule has 0 aliphatic carbocycles. The van der Waals surface area contributed by atoms with Gasteiger partial charge in [0.25, 0.3) is 0 Å². The van der Waals surface area contributed by atoms with Crippen molar-refractivity contribution in [3.63, 3.8) is 0 Å². The number of fused-ring (bicyclic) bond motifs is 1. The monoisotopic (exact) mass is 282 g/mol. The zero-order valence-electron chi connectivity index (χ0n) is 9.38. The average Bonchev–Trinajstić information content (AvgIpc) is 2.45. The molecular weight excluding hydrogens is 268 g/mol. The maximum absolute atomic E-state index is 11.6. The Morgan fingerprint density at radius 3 is 2.88 bits per heavy atom. The average molecular weight is 283 g/mol. The van der Waals surface area contributed by atoms with Crippen molar-refractivity contribution in [3.05, 3.63) is 27.7 Å². The molecule has 1 aromatic rings. The van der Waals surface area contributed by atoms with Gasteiger partial charge in [0.1, 0.15) is 0 Å². The van der Waals surface area contributed by atoms with Gasteiger partial charge in [-0.15, -0.1) is 0 Å². The van der Waals surface area contributed by atoms with Crippen molar-refractivity contribution in [1.29, 1.82) is 0 Å². The molecule has 0 radical (unpaired) electrons. The van der Waals surface area contributed by atoms with Crippen LogP contribution < -0.4 is 11.1 Å². The van der Waals surface area contributed by atoms with Gasteiger partial charge in [-0.25, -0.2) is 0 Å². The summed E-state index contributed by atoms with van der Waals surface area (Å²) in [6, 6.07) is 4.23. The molecule has 2 unspecified atom stereocenters. The van der Waals surface area contributed by atoms with E-state index in [1.807, 2.05) is 19.9 Å². The van der Waals surface area contributed by atoms with Gasteiger partial charge >= 0.3 is 0 Å². The van der Waals surface area contributed by atoms with Crippen molar-refractivity contribution in [2.24, 2.45) is 5.73 Å². The van der Waals surface area contributed by atoms with Gasteiger partial charge in [-0.2, -0.15) is 0 Å². The van der Waals surface area contributed by atoms with Crippen molar-refractivity contribution in [2.75, 3.05) is 5.32 Å². The van der Waals surface area contributed by atoms with Gasteiger partial charge in [0, 0.05) is 10.5 Å². The molecule has 0 fully saturated rings. The maximum atomic E-state index is 11.6. The van der Waals surface area contributed by atoms with E-state index in [1.165, 1.54) is 5.56 Å². The van der Waals surface area contributed by atoms with E-state index in [0.29, 0.717) is 0 Å². The highest BCUT2D eigenvalue weighted by molar-refractivity contribution is 9.10. The van der Waals surface area contributed by atoms with Gasteiger partial charge in [0.15, 0.2) is 0 Å². The predicted octanol–water partition coefficient (Wildman–Crippen LogP) is 2.39. The molecule has 4 heteroatoms. The maximum Gasteiger partial charge on any atom is 0.231 e. The van der Waals surface area contributed by atoms with E-state index in [0.717, 1.165) is 22.1 Å². The Labute approximate surface area is 104 Å². The Hall–Kier alpha value is -0.870. The number of halogens is 1. The minimum absolute atomic E-state index is 0.0636. The highest BCUT2D eigenvalue weighted by atomic mass is 79.9. The molecule has 2 atom stereocenters. The zero-order chi connectivity index (χ0) is 11.9. The number of amides is 1. The van der Waals surface area contributed by atoms with Crippen LogP contribution in [0, 0.1) is 0 Å². The van der Waals surface area contributed by atoms with E-state index in [2.05, 4.69) is 27.3 Å². The molecule has 0 spiro atoms. The fourth-order valence-corrected chi connectivity index (χ4v) is 2.64. The standard InChI is InChI=1S/C12H15BrN2O/c1-6(14)3-8-4-9-7(2)12(16)15-11(9)10(13)5-8/h4-7H,3,14H2,1-2H3,(H,15,16). The van der Waals surface area contributed by atoms with Gasteiger partial charge in [-0.1, -0.05) is 6.07 Å². The van der Waals surface area contributed by atoms with Crippen molar-refractivity contribution < 1.29 is 4.79 Å². The van der Waals surface area contributed by atoms with Gasteiger partial charge in [-0.05, 0) is 53.4 Å². The highest BCUT2D eigenvalue weighted by Crippen LogP contribution is 2.38. The molecule has 3 nitrogen and oxygen atoms in total. The van der Waals surface area contributed by atoms with Crippen LogP contribution in [0.2, 0.25) is 0 Å². The van der Waals surface area contributed by atoms with E-state index in [4.69, 9.17) is 5.73 Å². The SMILES string of the molecule is CC(N)Cc1cc(Br)c2c(c1)C(C)C(=O)N2. The molecular formula is C12H15BrN2O. The highest BCUT2D eigenvalue weighted by Gasteiger charge is 2.28. The van der Waals surface area contributed by atoms with Crippen LogP contribution in [0.1, 0.15) is 30.9 Å². The van der Waals surface area contributed by atoms with Crippen LogP contribution in [0.4, 0.5) is 5.69 Å². The second kappa shape index (κ2) is 4.18. The first kappa shape index (κ1) is 11.6. The van der Waals surface area contributed by atoms with Crippen LogP contribution in [0.15, 0.2) is 16.6 Å². The Balaban J connectivity index is 2.42. The van der Waals surface area contributed by atoms with E-state index >= 15 is 0 Å². The Morgan fingerprint density at radius 2 is 2.25 bits per heavy atom. The molecule has 1 heterocycles. The lowest BCUT2D eigenvalue weighted by atomic mass is 9.98. The van der Waals surface area contributed by atoms with Crippen LogP contribution in [0.25, 0.3) is 0 Å². The molecule has 1 aromatic carbocycles. The van der Waals surface area contributed by atoms with E-state index < -0.39 is 0 Å². The Bertz CT molecular complexity index is 443. The fourth-order valence-electron chi connectivity index (χ4n) is 2.02. The molecule has 0 bridgehead atoms. The van der Waals surface area contributed by atoms with Crippen molar-refractivity contribution >= 4 is 27.5 Å². The number of carbonyl (C=O) groups excluding carboxylic acids is 1. The molecule has 0 saturated carbocycles. The molecule has 1 aliphatic rings. The van der Waals surface area contributed by atoms with Crippen LogP contribution in [-0.4, -0.2) is 11.9 Å². The van der Waals surface area contributed by atoms with Crippen LogP contribution in [-0.2, 0) is 11.2 Å². The zero-order valence-corrected chi connectivity index (χ0v) is 11.0. The van der Waals surface area contributed by atoms with Crippen molar-refractivity contribution in [1.82, 2.24) is 0 Å². The number of carbonyl (C=O) groups is 1. The first-order chi connectivity index (χ1) is 7.49. The summed E-state index contributed by atoms with van der Waals surface area (Å²) in [5.41, 5.74) is 8.93. The van der Waals surface area contributed by atoms with E-state index in [1.54, 1.807) is 0 Å². The van der Waals surface area contributed by atoms with E-state index in [-0.39, 0.29) is 17.9 Å². The number of nitrogens with one attached hydrogen (secondary N) is 1. The lowest BCUT2D eigenvalue weighted by Gasteiger charge is -2.10. The van der Waals surface area contributed by atoms with Gasteiger partial charge in [0.05, 0.1) is 11.6 Å². The third-order valence-corrected chi connectivity index (χ3v) is 3.47. The normalized spacial score (nSPS) is 20.5. The quantitative estimate of drug-likeness (QED) is 0.875. The summed E-state index contributed by atoms with van der Waals surface area (Å²) in [6.45, 7) is 3.90. The van der Waals surface area contributed by atoms with Crippen LogP contribution in [0.5, 0.6) is 0 Å². The first-order valence-electron chi connectivity index (χ1n) is 5.37. The topological polar surface area (TPSA) is 55.1 Å². The number of nitrogens with two attached hydrogens (primary N) is 1.